The Morgan fingerprint density at radius 2 is 2.29 bits per heavy atom. The van der Waals surface area contributed by atoms with Crippen LogP contribution in [0.5, 0.6) is 0 Å². The maximum Gasteiger partial charge on any atom is 0.310 e. The van der Waals surface area contributed by atoms with Gasteiger partial charge in [0.25, 0.3) is 0 Å². The molecule has 0 aromatic carbocycles. The molecule has 1 fully saturated rings. The lowest BCUT2D eigenvalue weighted by Gasteiger charge is -2.12. The van der Waals surface area contributed by atoms with Crippen LogP contribution in [0.4, 0.5) is 0 Å². The monoisotopic (exact) mass is 197 g/mol. The summed E-state index contributed by atoms with van der Waals surface area (Å²) in [7, 11) is 1.46. The number of carbonyl (C=O) groups excluding carboxylic acids is 1. The van der Waals surface area contributed by atoms with Crippen molar-refractivity contribution < 1.29 is 9.53 Å². The Morgan fingerprint density at radius 3 is 2.86 bits per heavy atom. The molecule has 0 aromatic heterocycles. The quantitative estimate of drug-likeness (QED) is 0.506. The minimum atomic E-state index is -0.0651. The Labute approximate surface area is 85.7 Å². The molecule has 0 saturated carbocycles. The molecule has 1 aliphatic heterocycles. The van der Waals surface area contributed by atoms with Crippen LogP contribution in [0.25, 0.3) is 0 Å². The lowest BCUT2D eigenvalue weighted by Crippen LogP contribution is -2.24. The molecule has 1 atom stereocenters. The first-order valence-electron chi connectivity index (χ1n) is 5.07. The van der Waals surface area contributed by atoms with Gasteiger partial charge >= 0.3 is 5.97 Å². The number of hydrogen-bond donors (Lipinski definition) is 0. The molecule has 3 nitrogen and oxygen atoms in total. The minimum Gasteiger partial charge on any atom is -0.469 e. The fourth-order valence-corrected chi connectivity index (χ4v) is 1.67. The first kappa shape index (κ1) is 11.2. The highest BCUT2D eigenvalue weighted by Crippen LogP contribution is 2.17. The van der Waals surface area contributed by atoms with Gasteiger partial charge in [-0.3, -0.25) is 9.69 Å². The largest absolute Gasteiger partial charge is 0.469 e. The number of esters is 1. The maximum absolute atomic E-state index is 11.2. The molecule has 0 radical (unpaired) electrons. The molecule has 1 saturated heterocycles. The Kier molecular flexibility index (Phi) is 4.14. The van der Waals surface area contributed by atoms with Gasteiger partial charge in [0, 0.05) is 13.1 Å². The zero-order valence-electron chi connectivity index (χ0n) is 9.25. The third-order valence-corrected chi connectivity index (χ3v) is 2.56. The summed E-state index contributed by atoms with van der Waals surface area (Å²) in [4.78, 5) is 13.5. The molecule has 0 N–H and O–H groups in total. The predicted molar refractivity (Wildman–Crippen MR) is 56.0 cm³/mol. The van der Waals surface area contributed by atoms with Crippen LogP contribution < -0.4 is 0 Å². The Bertz CT molecular complexity index is 231. The van der Waals surface area contributed by atoms with Crippen LogP contribution in [0, 0.1) is 5.92 Å². The first-order chi connectivity index (χ1) is 6.63. The number of ether oxygens (including phenoxy) is 1. The van der Waals surface area contributed by atoms with Crippen molar-refractivity contribution in [3.05, 3.63) is 11.6 Å². The van der Waals surface area contributed by atoms with Crippen molar-refractivity contribution in [1.29, 1.82) is 0 Å². The summed E-state index contributed by atoms with van der Waals surface area (Å²) in [6, 6.07) is 0. The van der Waals surface area contributed by atoms with E-state index in [1.54, 1.807) is 0 Å². The lowest BCUT2D eigenvalue weighted by molar-refractivity contribution is -0.144. The van der Waals surface area contributed by atoms with Crippen LogP contribution in [0.2, 0.25) is 0 Å². The molecule has 1 unspecified atom stereocenters. The standard InChI is InChI=1S/C11H19NO2/c1-9(2)4-6-12-7-5-10(8-12)11(13)14-3/h4,10H,5-8H2,1-3H3. The topological polar surface area (TPSA) is 29.5 Å². The zero-order valence-corrected chi connectivity index (χ0v) is 9.25. The molecule has 1 rings (SSSR count). The highest BCUT2D eigenvalue weighted by atomic mass is 16.5. The maximum atomic E-state index is 11.2. The van der Waals surface area contributed by atoms with Crippen molar-refractivity contribution in [3.63, 3.8) is 0 Å². The van der Waals surface area contributed by atoms with E-state index in [2.05, 4.69) is 24.8 Å². The molecule has 0 spiro atoms. The molecular formula is C11H19NO2. The van der Waals surface area contributed by atoms with Crippen molar-refractivity contribution in [2.45, 2.75) is 20.3 Å². The van der Waals surface area contributed by atoms with Crippen LogP contribution in [-0.2, 0) is 9.53 Å². The number of likely N-dealkylation sites (tertiary alicyclic amines) is 1. The van der Waals surface area contributed by atoms with Gasteiger partial charge in [0.1, 0.15) is 0 Å². The molecule has 0 amide bonds. The van der Waals surface area contributed by atoms with Crippen LogP contribution in [0.1, 0.15) is 20.3 Å². The van der Waals surface area contributed by atoms with Gasteiger partial charge in [0.15, 0.2) is 0 Å². The Morgan fingerprint density at radius 1 is 1.57 bits per heavy atom. The normalized spacial score (nSPS) is 22.1. The highest BCUT2D eigenvalue weighted by Gasteiger charge is 2.27. The summed E-state index contributed by atoms with van der Waals surface area (Å²) in [6.45, 7) is 6.98. The molecule has 3 heteroatoms. The summed E-state index contributed by atoms with van der Waals surface area (Å²) in [5.74, 6) is 0.0234. The van der Waals surface area contributed by atoms with Gasteiger partial charge in [-0.25, -0.2) is 0 Å². The van der Waals surface area contributed by atoms with Crippen LogP contribution in [0.3, 0.4) is 0 Å². The minimum absolute atomic E-state index is 0.0651. The summed E-state index contributed by atoms with van der Waals surface area (Å²) in [5, 5.41) is 0. The van der Waals surface area contributed by atoms with E-state index in [4.69, 9.17) is 4.74 Å². The summed E-state index contributed by atoms with van der Waals surface area (Å²) in [5.41, 5.74) is 1.33. The molecule has 14 heavy (non-hydrogen) atoms. The second-order valence-corrected chi connectivity index (χ2v) is 4.05. The Balaban J connectivity index is 2.34. The van der Waals surface area contributed by atoms with Crippen molar-refractivity contribution in [1.82, 2.24) is 4.90 Å². The number of rotatable bonds is 3. The van der Waals surface area contributed by atoms with E-state index in [1.807, 2.05) is 0 Å². The van der Waals surface area contributed by atoms with Gasteiger partial charge in [0.2, 0.25) is 0 Å². The van der Waals surface area contributed by atoms with E-state index in [0.29, 0.717) is 0 Å². The van der Waals surface area contributed by atoms with E-state index in [0.717, 1.165) is 26.1 Å². The van der Waals surface area contributed by atoms with Crippen LogP contribution in [0.15, 0.2) is 11.6 Å². The fraction of sp³-hybridized carbons (Fsp3) is 0.727. The third-order valence-electron chi connectivity index (χ3n) is 2.56. The van der Waals surface area contributed by atoms with E-state index in [-0.39, 0.29) is 11.9 Å². The highest BCUT2D eigenvalue weighted by molar-refractivity contribution is 5.72. The van der Waals surface area contributed by atoms with Gasteiger partial charge in [-0.2, -0.15) is 0 Å². The van der Waals surface area contributed by atoms with E-state index < -0.39 is 0 Å². The second-order valence-electron chi connectivity index (χ2n) is 4.05. The number of carbonyl (C=O) groups is 1. The average molecular weight is 197 g/mol. The van der Waals surface area contributed by atoms with Gasteiger partial charge < -0.3 is 4.74 Å². The van der Waals surface area contributed by atoms with E-state index >= 15 is 0 Å². The van der Waals surface area contributed by atoms with Crippen molar-refractivity contribution in [2.75, 3.05) is 26.7 Å². The number of hydrogen-bond acceptors (Lipinski definition) is 3. The zero-order chi connectivity index (χ0) is 10.6. The number of allylic oxidation sites excluding steroid dienone is 1. The van der Waals surface area contributed by atoms with E-state index in [1.165, 1.54) is 12.7 Å². The smallest absolute Gasteiger partial charge is 0.310 e. The molecule has 0 bridgehead atoms. The van der Waals surface area contributed by atoms with Crippen LogP contribution in [-0.4, -0.2) is 37.6 Å². The molecule has 0 aromatic rings. The fourth-order valence-electron chi connectivity index (χ4n) is 1.67. The molecule has 1 heterocycles. The number of nitrogens with zero attached hydrogens (tertiary/aromatic N) is 1. The van der Waals surface area contributed by atoms with Crippen molar-refractivity contribution in [2.24, 2.45) is 5.92 Å². The van der Waals surface area contributed by atoms with E-state index in [9.17, 15) is 4.79 Å². The molecule has 0 aliphatic carbocycles. The van der Waals surface area contributed by atoms with Crippen molar-refractivity contribution in [3.8, 4) is 0 Å². The third kappa shape index (κ3) is 3.14. The number of methoxy groups -OCH3 is 1. The second kappa shape index (κ2) is 5.15. The van der Waals surface area contributed by atoms with Gasteiger partial charge in [-0.1, -0.05) is 11.6 Å². The predicted octanol–water partition coefficient (Wildman–Crippen LogP) is 1.45. The molecule has 1 aliphatic rings. The Hall–Kier alpha value is -0.830. The van der Waals surface area contributed by atoms with Crippen molar-refractivity contribution >= 4 is 5.97 Å². The SMILES string of the molecule is COC(=O)C1CCN(CC=C(C)C)C1. The summed E-state index contributed by atoms with van der Waals surface area (Å²) in [6.07, 6.45) is 3.13. The summed E-state index contributed by atoms with van der Waals surface area (Å²) < 4.78 is 4.73. The van der Waals surface area contributed by atoms with Gasteiger partial charge in [-0.05, 0) is 26.8 Å². The van der Waals surface area contributed by atoms with Gasteiger partial charge in [-0.15, -0.1) is 0 Å². The molecule has 80 valence electrons. The van der Waals surface area contributed by atoms with Gasteiger partial charge in [0.05, 0.1) is 13.0 Å². The average Bonchev–Trinajstić information content (AvgIpc) is 2.62. The lowest BCUT2D eigenvalue weighted by atomic mass is 10.1. The van der Waals surface area contributed by atoms with Crippen LogP contribution >= 0.6 is 0 Å². The molecular weight excluding hydrogens is 178 g/mol. The summed E-state index contributed by atoms with van der Waals surface area (Å²) >= 11 is 0. The first-order valence-corrected chi connectivity index (χ1v) is 5.07.